The Kier molecular flexibility index (Phi) is 11.7. The summed E-state index contributed by atoms with van der Waals surface area (Å²) in [5.41, 5.74) is 7.82. The molecule has 1 fully saturated rings. The molecule has 246 valence electrons. The molecule has 3 amide bonds. The number of carboxylic acids is 1. The molecule has 0 radical (unpaired) electrons. The van der Waals surface area contributed by atoms with Crippen LogP contribution in [0.1, 0.15) is 56.1 Å². The van der Waals surface area contributed by atoms with E-state index in [1.54, 1.807) is 47.8 Å². The van der Waals surface area contributed by atoms with Crippen molar-refractivity contribution in [2.75, 3.05) is 55.8 Å². The van der Waals surface area contributed by atoms with Crippen molar-refractivity contribution in [3.8, 4) is 0 Å². The number of nitrogens with zero attached hydrogens (tertiary/aromatic N) is 4. The Morgan fingerprint density at radius 1 is 1.00 bits per heavy atom. The van der Waals surface area contributed by atoms with Gasteiger partial charge in [-0.3, -0.25) is 19.3 Å². The Morgan fingerprint density at radius 2 is 1.51 bits per heavy atom. The van der Waals surface area contributed by atoms with Crippen molar-refractivity contribution in [1.29, 1.82) is 0 Å². The van der Waals surface area contributed by atoms with Gasteiger partial charge in [-0.25, -0.2) is 9.78 Å². The van der Waals surface area contributed by atoms with Gasteiger partial charge in [0.2, 0.25) is 0 Å². The van der Waals surface area contributed by atoms with Gasteiger partial charge in [0, 0.05) is 57.5 Å². The summed E-state index contributed by atoms with van der Waals surface area (Å²) < 4.78 is 40.4. The molecule has 14 nitrogen and oxygen atoms in total. The maximum Gasteiger partial charge on any atom is 0.490 e. The van der Waals surface area contributed by atoms with E-state index in [0.29, 0.717) is 47.7 Å². The minimum absolute atomic E-state index is 0.102. The highest BCUT2D eigenvalue weighted by atomic mass is 32.1. The number of rotatable bonds is 9. The average Bonchev–Trinajstić information content (AvgIpc) is 3.64. The number of anilines is 3. The van der Waals surface area contributed by atoms with Crippen LogP contribution in [0.15, 0.2) is 24.5 Å². The van der Waals surface area contributed by atoms with E-state index in [4.69, 9.17) is 20.4 Å². The minimum Gasteiger partial charge on any atom is -0.475 e. The van der Waals surface area contributed by atoms with E-state index >= 15 is 0 Å². The van der Waals surface area contributed by atoms with Crippen molar-refractivity contribution in [1.82, 2.24) is 24.3 Å². The monoisotopic (exact) mass is 656 g/mol. The summed E-state index contributed by atoms with van der Waals surface area (Å²) in [5.74, 6) is -3.63. The lowest BCUT2D eigenvalue weighted by Gasteiger charge is -2.26. The second-order valence-corrected chi connectivity index (χ2v) is 11.4. The van der Waals surface area contributed by atoms with Gasteiger partial charge in [0.15, 0.2) is 5.13 Å². The average molecular weight is 657 g/mol. The van der Waals surface area contributed by atoms with Gasteiger partial charge in [0.05, 0.1) is 24.6 Å². The first-order valence-corrected chi connectivity index (χ1v) is 14.5. The molecule has 0 aliphatic carbocycles. The van der Waals surface area contributed by atoms with E-state index in [2.05, 4.69) is 25.8 Å². The quantitative estimate of drug-likeness (QED) is 0.231. The zero-order valence-corrected chi connectivity index (χ0v) is 25.8. The van der Waals surface area contributed by atoms with Gasteiger partial charge in [-0.1, -0.05) is 13.8 Å². The molecule has 4 heterocycles. The molecule has 4 rings (SSSR count). The molecule has 3 aromatic heterocycles. The second-order valence-electron chi connectivity index (χ2n) is 10.3. The number of thiazole rings is 1. The number of aliphatic carboxylic acids is 1. The SMILES string of the molecule is CC(C)c1sc(N)nc1C(=O)Nc1cc(C(=O)Nc2cc(C(=O)NCCN3CCOCC3)n(C)c2)n(C)c1.O=C(O)C(F)(F)F. The topological polar surface area (TPSA) is 186 Å². The fraction of sp³-hybridized carbons (Fsp3) is 0.444. The number of ether oxygens (including phenoxy) is 1. The van der Waals surface area contributed by atoms with E-state index in [9.17, 15) is 27.6 Å². The van der Waals surface area contributed by atoms with Crippen molar-refractivity contribution < 1.29 is 42.2 Å². The first-order valence-electron chi connectivity index (χ1n) is 13.7. The molecule has 1 saturated heterocycles. The van der Waals surface area contributed by atoms with Crippen LogP contribution in [0, 0.1) is 0 Å². The lowest BCUT2D eigenvalue weighted by atomic mass is 10.1. The number of nitrogens with one attached hydrogen (secondary N) is 3. The maximum atomic E-state index is 13.0. The number of hydrogen-bond acceptors (Lipinski definition) is 9. The van der Waals surface area contributed by atoms with E-state index in [0.717, 1.165) is 24.5 Å². The molecule has 0 unspecified atom stereocenters. The molecule has 0 saturated carbocycles. The first kappa shape index (κ1) is 35.1. The molecule has 1 aliphatic heterocycles. The van der Waals surface area contributed by atoms with Crippen LogP contribution in [-0.2, 0) is 23.6 Å². The molecule has 0 atom stereocenters. The molecule has 18 heteroatoms. The molecule has 1 aliphatic rings. The minimum atomic E-state index is -5.08. The van der Waals surface area contributed by atoms with Crippen molar-refractivity contribution in [3.05, 3.63) is 46.5 Å². The molecule has 0 aromatic carbocycles. The van der Waals surface area contributed by atoms with Crippen molar-refractivity contribution >= 4 is 51.5 Å². The number of aromatic nitrogens is 3. The fourth-order valence-electron chi connectivity index (χ4n) is 4.25. The predicted molar refractivity (Wildman–Crippen MR) is 161 cm³/mol. The van der Waals surface area contributed by atoms with Crippen LogP contribution < -0.4 is 21.7 Å². The first-order chi connectivity index (χ1) is 21.1. The van der Waals surface area contributed by atoms with E-state index in [1.807, 2.05) is 13.8 Å². The maximum absolute atomic E-state index is 13.0. The van der Waals surface area contributed by atoms with Crippen molar-refractivity contribution in [3.63, 3.8) is 0 Å². The van der Waals surface area contributed by atoms with E-state index in [1.165, 1.54) is 11.3 Å². The second kappa shape index (κ2) is 15.0. The van der Waals surface area contributed by atoms with Gasteiger partial charge in [-0.2, -0.15) is 13.2 Å². The summed E-state index contributed by atoms with van der Waals surface area (Å²) in [6.45, 7) is 8.36. The Morgan fingerprint density at radius 3 is 2.02 bits per heavy atom. The summed E-state index contributed by atoms with van der Waals surface area (Å²) in [6.07, 6.45) is -1.75. The summed E-state index contributed by atoms with van der Waals surface area (Å²) in [6, 6.07) is 3.22. The third-order valence-corrected chi connectivity index (χ3v) is 7.65. The van der Waals surface area contributed by atoms with Crippen LogP contribution in [-0.4, -0.2) is 93.4 Å². The number of nitrogen functional groups attached to an aromatic ring is 1. The molecular formula is C27H35F3N8O6S. The Hall–Kier alpha value is -4.42. The zero-order chi connectivity index (χ0) is 33.5. The van der Waals surface area contributed by atoms with Gasteiger partial charge in [-0.15, -0.1) is 11.3 Å². The number of carbonyl (C=O) groups is 4. The number of nitrogens with two attached hydrogens (primary N) is 1. The van der Waals surface area contributed by atoms with Gasteiger partial charge in [-0.05, 0) is 18.1 Å². The smallest absolute Gasteiger partial charge is 0.475 e. The number of amides is 3. The summed E-state index contributed by atoms with van der Waals surface area (Å²) >= 11 is 1.29. The van der Waals surface area contributed by atoms with Crippen LogP contribution in [0.3, 0.4) is 0 Å². The highest BCUT2D eigenvalue weighted by Gasteiger charge is 2.38. The number of halogens is 3. The number of aryl methyl sites for hydroxylation is 2. The van der Waals surface area contributed by atoms with E-state index in [-0.39, 0.29) is 29.3 Å². The molecule has 0 spiro atoms. The highest BCUT2D eigenvalue weighted by Crippen LogP contribution is 2.29. The largest absolute Gasteiger partial charge is 0.490 e. The molecule has 3 aromatic rings. The van der Waals surface area contributed by atoms with Gasteiger partial charge >= 0.3 is 12.1 Å². The van der Waals surface area contributed by atoms with Crippen molar-refractivity contribution in [2.24, 2.45) is 14.1 Å². The normalized spacial score (nSPS) is 13.6. The predicted octanol–water partition coefficient (Wildman–Crippen LogP) is 2.73. The zero-order valence-electron chi connectivity index (χ0n) is 25.0. The highest BCUT2D eigenvalue weighted by molar-refractivity contribution is 7.15. The number of carboxylic acid groups (broad SMARTS) is 1. The molecule has 45 heavy (non-hydrogen) atoms. The Labute approximate surface area is 260 Å². The van der Waals surface area contributed by atoms with Gasteiger partial charge < -0.3 is 40.7 Å². The van der Waals surface area contributed by atoms with Crippen LogP contribution in [0.4, 0.5) is 29.7 Å². The fourth-order valence-corrected chi connectivity index (χ4v) is 5.08. The number of alkyl halides is 3. The molecule has 0 bridgehead atoms. The van der Waals surface area contributed by atoms with E-state index < -0.39 is 12.1 Å². The van der Waals surface area contributed by atoms with Crippen LogP contribution in [0.25, 0.3) is 0 Å². The van der Waals surface area contributed by atoms with Crippen LogP contribution in [0.2, 0.25) is 0 Å². The Bertz CT molecular complexity index is 1520. The number of carbonyl (C=O) groups excluding carboxylic acids is 3. The van der Waals surface area contributed by atoms with Crippen molar-refractivity contribution in [2.45, 2.75) is 25.9 Å². The molecular weight excluding hydrogens is 621 g/mol. The summed E-state index contributed by atoms with van der Waals surface area (Å²) in [5, 5.41) is 16.0. The standard InChI is InChI=1S/C25H34N8O4S.C2HF3O2/c1-15(2)21-20(30-25(26)38-21)24(36)29-17-12-19(32(4)14-17)23(35)28-16-11-18(31(3)13-16)22(34)27-5-6-33-7-9-37-10-8-33;3-2(4,5)1(6)7/h11-15H,5-10H2,1-4H3,(H2,26,30)(H,27,34)(H,28,35)(H,29,36);(H,6,7). The Balaban J connectivity index is 0.000000707. The lowest BCUT2D eigenvalue weighted by molar-refractivity contribution is -0.192. The van der Waals surface area contributed by atoms with Gasteiger partial charge in [0.1, 0.15) is 17.1 Å². The molecule has 6 N–H and O–H groups in total. The summed E-state index contributed by atoms with van der Waals surface area (Å²) in [4.78, 5) is 54.6. The number of hydrogen-bond donors (Lipinski definition) is 5. The van der Waals surface area contributed by atoms with Crippen LogP contribution in [0.5, 0.6) is 0 Å². The summed E-state index contributed by atoms with van der Waals surface area (Å²) in [7, 11) is 3.46. The third kappa shape index (κ3) is 9.79. The van der Waals surface area contributed by atoms with Gasteiger partial charge in [0.25, 0.3) is 17.7 Å². The number of morpholine rings is 1. The third-order valence-electron chi connectivity index (χ3n) is 6.46. The van der Waals surface area contributed by atoms with Crippen LogP contribution >= 0.6 is 11.3 Å². The lowest BCUT2D eigenvalue weighted by Crippen LogP contribution is -2.41.